The Morgan fingerprint density at radius 2 is 1.62 bits per heavy atom. The molecule has 1 aliphatic heterocycles. The molecule has 4 aromatic rings. The minimum Gasteiger partial charge on any atom is -0.463 e. The third kappa shape index (κ3) is 5.91. The zero-order valence-corrected chi connectivity index (χ0v) is 21.4. The van der Waals surface area contributed by atoms with Gasteiger partial charge in [-0.3, -0.25) is 4.90 Å². The van der Waals surface area contributed by atoms with Crippen LogP contribution in [-0.2, 0) is 11.3 Å². The van der Waals surface area contributed by atoms with Crippen molar-refractivity contribution >= 4 is 6.09 Å². The Morgan fingerprint density at radius 3 is 2.22 bits per heavy atom. The molecule has 0 bridgehead atoms. The Bertz CT molecular complexity index is 1330. The summed E-state index contributed by atoms with van der Waals surface area (Å²) in [5, 5.41) is 4.85. The predicted molar refractivity (Wildman–Crippen MR) is 140 cm³/mol. The van der Waals surface area contributed by atoms with E-state index < -0.39 is 5.60 Å². The highest BCUT2D eigenvalue weighted by Gasteiger charge is 2.27. The molecule has 1 saturated heterocycles. The van der Waals surface area contributed by atoms with Gasteiger partial charge in [0.2, 0.25) is 0 Å². The number of hydrogen-bond acceptors (Lipinski definition) is 5. The summed E-state index contributed by atoms with van der Waals surface area (Å²) in [5.41, 5.74) is 4.21. The number of nitrogens with zero attached hydrogens (tertiary/aromatic N) is 4. The Kier molecular flexibility index (Phi) is 6.84. The monoisotopic (exact) mass is 502 g/mol. The van der Waals surface area contributed by atoms with Gasteiger partial charge in [0.05, 0.1) is 12.0 Å². The van der Waals surface area contributed by atoms with Crippen LogP contribution in [0.4, 0.5) is 9.18 Å². The lowest BCUT2D eigenvalue weighted by Crippen LogP contribution is -2.49. The Morgan fingerprint density at radius 1 is 0.973 bits per heavy atom. The Balaban J connectivity index is 1.32. The van der Waals surface area contributed by atoms with Gasteiger partial charge in [0.25, 0.3) is 0 Å². The van der Waals surface area contributed by atoms with Gasteiger partial charge in [0.1, 0.15) is 17.1 Å². The minimum atomic E-state index is -0.502. The van der Waals surface area contributed by atoms with Gasteiger partial charge in [-0.1, -0.05) is 24.3 Å². The van der Waals surface area contributed by atoms with Gasteiger partial charge in [-0.25, -0.2) is 13.9 Å². The topological polar surface area (TPSA) is 63.7 Å². The summed E-state index contributed by atoms with van der Waals surface area (Å²) in [5.74, 6) is 0.463. The maximum atomic E-state index is 13.3. The van der Waals surface area contributed by atoms with Gasteiger partial charge in [0, 0.05) is 44.5 Å². The first-order valence-corrected chi connectivity index (χ1v) is 12.4. The average molecular weight is 503 g/mol. The third-order valence-corrected chi connectivity index (χ3v) is 6.27. The van der Waals surface area contributed by atoms with Gasteiger partial charge in [0.15, 0.2) is 5.76 Å². The maximum absolute atomic E-state index is 13.3. The summed E-state index contributed by atoms with van der Waals surface area (Å²) in [6.07, 6.45) is 3.42. The van der Waals surface area contributed by atoms with Crippen molar-refractivity contribution in [3.63, 3.8) is 0 Å². The van der Waals surface area contributed by atoms with Crippen LogP contribution < -0.4 is 0 Å². The van der Waals surface area contributed by atoms with Crippen LogP contribution in [0.5, 0.6) is 0 Å². The van der Waals surface area contributed by atoms with Gasteiger partial charge >= 0.3 is 6.09 Å². The highest BCUT2D eigenvalue weighted by molar-refractivity contribution is 5.68. The first-order chi connectivity index (χ1) is 17.7. The number of hydrogen-bond donors (Lipinski definition) is 0. The quantitative estimate of drug-likeness (QED) is 0.335. The standard InChI is InChI=1S/C29H31FN4O3/c1-29(2,3)37-28(35)33-16-14-32(15-17-33)19-23-20-34(31-27(23)26-5-4-18-36-26)25-12-8-22(9-13-25)21-6-10-24(30)11-7-21/h4-13,18,20H,14-17,19H2,1-3H3. The molecule has 1 aliphatic rings. The second-order valence-electron chi connectivity index (χ2n) is 10.2. The van der Waals surface area contributed by atoms with Crippen molar-refractivity contribution in [3.05, 3.63) is 84.5 Å². The van der Waals surface area contributed by atoms with Crippen LogP contribution in [0.15, 0.2) is 77.5 Å². The van der Waals surface area contributed by atoms with Crippen LogP contribution in [0.2, 0.25) is 0 Å². The molecule has 2 aromatic heterocycles. The van der Waals surface area contributed by atoms with Gasteiger partial charge < -0.3 is 14.1 Å². The van der Waals surface area contributed by atoms with Crippen LogP contribution in [0, 0.1) is 5.82 Å². The van der Waals surface area contributed by atoms with Crippen LogP contribution in [0.25, 0.3) is 28.3 Å². The molecule has 0 radical (unpaired) electrons. The zero-order valence-electron chi connectivity index (χ0n) is 21.4. The summed E-state index contributed by atoms with van der Waals surface area (Å²) in [6, 6.07) is 18.3. The second kappa shape index (κ2) is 10.2. The summed E-state index contributed by atoms with van der Waals surface area (Å²) >= 11 is 0. The van der Waals surface area contributed by atoms with Crippen molar-refractivity contribution in [1.29, 1.82) is 0 Å². The van der Waals surface area contributed by atoms with Crippen LogP contribution in [0.3, 0.4) is 0 Å². The molecule has 1 fully saturated rings. The van der Waals surface area contributed by atoms with E-state index in [0.717, 1.165) is 41.2 Å². The van der Waals surface area contributed by atoms with Crippen LogP contribution >= 0.6 is 0 Å². The van der Waals surface area contributed by atoms with E-state index in [-0.39, 0.29) is 11.9 Å². The molecule has 37 heavy (non-hydrogen) atoms. The Labute approximate surface area is 216 Å². The van der Waals surface area contributed by atoms with E-state index in [4.69, 9.17) is 14.3 Å². The van der Waals surface area contributed by atoms with E-state index >= 15 is 0 Å². The highest BCUT2D eigenvalue weighted by Crippen LogP contribution is 2.27. The maximum Gasteiger partial charge on any atom is 0.410 e. The molecule has 0 saturated carbocycles. The molecule has 8 heteroatoms. The molecule has 0 aliphatic carbocycles. The lowest BCUT2D eigenvalue weighted by molar-refractivity contribution is 0.0139. The molecule has 5 rings (SSSR count). The average Bonchev–Trinajstić information content (AvgIpc) is 3.54. The normalized spacial score (nSPS) is 14.6. The van der Waals surface area contributed by atoms with Gasteiger partial charge in [-0.2, -0.15) is 5.10 Å². The number of carbonyl (C=O) groups excluding carboxylic acids is 1. The van der Waals surface area contributed by atoms with E-state index in [9.17, 15) is 9.18 Å². The minimum absolute atomic E-state index is 0.249. The zero-order chi connectivity index (χ0) is 26.0. The van der Waals surface area contributed by atoms with Gasteiger partial charge in [-0.05, 0) is 68.3 Å². The van der Waals surface area contributed by atoms with E-state index in [2.05, 4.69) is 4.90 Å². The molecule has 0 unspecified atom stereocenters. The fourth-order valence-corrected chi connectivity index (χ4v) is 4.38. The molecular weight excluding hydrogens is 471 g/mol. The van der Waals surface area contributed by atoms with Crippen LogP contribution in [0.1, 0.15) is 26.3 Å². The van der Waals surface area contributed by atoms with E-state index in [1.807, 2.05) is 68.0 Å². The Hall–Kier alpha value is -3.91. The number of furan rings is 1. The van der Waals surface area contributed by atoms with Crippen molar-refractivity contribution in [2.24, 2.45) is 0 Å². The first kappa shape index (κ1) is 24.8. The van der Waals surface area contributed by atoms with E-state index in [1.54, 1.807) is 23.3 Å². The van der Waals surface area contributed by atoms with Crippen molar-refractivity contribution in [1.82, 2.24) is 19.6 Å². The van der Waals surface area contributed by atoms with E-state index in [1.165, 1.54) is 12.1 Å². The molecule has 0 N–H and O–H groups in total. The molecule has 2 aromatic carbocycles. The molecule has 1 amide bonds. The number of ether oxygens (including phenoxy) is 1. The van der Waals surface area contributed by atoms with E-state index in [0.29, 0.717) is 25.4 Å². The number of carbonyl (C=O) groups is 1. The number of piperazine rings is 1. The fourth-order valence-electron chi connectivity index (χ4n) is 4.38. The smallest absolute Gasteiger partial charge is 0.410 e. The number of benzene rings is 2. The van der Waals surface area contributed by atoms with Crippen molar-refractivity contribution < 1.29 is 18.3 Å². The summed E-state index contributed by atoms with van der Waals surface area (Å²) in [6.45, 7) is 9.05. The lowest BCUT2D eigenvalue weighted by Gasteiger charge is -2.35. The van der Waals surface area contributed by atoms with Crippen molar-refractivity contribution in [2.45, 2.75) is 32.9 Å². The SMILES string of the molecule is CC(C)(C)OC(=O)N1CCN(Cc2cn(-c3ccc(-c4ccc(F)cc4)cc3)nc2-c2ccco2)CC1. The summed E-state index contributed by atoms with van der Waals surface area (Å²) in [4.78, 5) is 16.5. The third-order valence-electron chi connectivity index (χ3n) is 6.27. The fraction of sp³-hybridized carbons (Fsp3) is 0.310. The molecule has 0 atom stereocenters. The molecule has 192 valence electrons. The van der Waals surface area contributed by atoms with Gasteiger partial charge in [-0.15, -0.1) is 0 Å². The summed E-state index contributed by atoms with van der Waals surface area (Å²) < 4.78 is 26.3. The van der Waals surface area contributed by atoms with Crippen LogP contribution in [-0.4, -0.2) is 57.5 Å². The molecule has 7 nitrogen and oxygen atoms in total. The largest absolute Gasteiger partial charge is 0.463 e. The number of halogens is 1. The molecule has 3 heterocycles. The number of aromatic nitrogens is 2. The van der Waals surface area contributed by atoms with Crippen molar-refractivity contribution in [3.8, 4) is 28.3 Å². The number of amides is 1. The second-order valence-corrected chi connectivity index (χ2v) is 10.2. The highest BCUT2D eigenvalue weighted by atomic mass is 19.1. The molecular formula is C29H31FN4O3. The van der Waals surface area contributed by atoms with Crippen molar-refractivity contribution in [2.75, 3.05) is 26.2 Å². The summed E-state index contributed by atoms with van der Waals surface area (Å²) in [7, 11) is 0. The molecule has 0 spiro atoms. The predicted octanol–water partition coefficient (Wildman–Crippen LogP) is 5.99. The number of rotatable bonds is 5. The lowest BCUT2D eigenvalue weighted by atomic mass is 10.1. The first-order valence-electron chi connectivity index (χ1n) is 12.4.